The first-order valence-corrected chi connectivity index (χ1v) is 5.03. The number of halogens is 2. The van der Waals surface area contributed by atoms with Gasteiger partial charge in [-0.05, 0) is 12.1 Å². The molecule has 6 heteroatoms. The number of nitrogens with zero attached hydrogens (tertiary/aromatic N) is 4. The first-order valence-electron chi connectivity index (χ1n) is 4.27. The molecular weight excluding hydrogens is 235 g/mol. The number of rotatable bonds is 2. The lowest BCUT2D eigenvalue weighted by Crippen LogP contribution is -1.99. The maximum absolute atomic E-state index is 8.48. The first-order chi connectivity index (χ1) is 7.22. The minimum atomic E-state index is 0.388. The van der Waals surface area contributed by atoms with E-state index in [9.17, 15) is 0 Å². The molecule has 2 aromatic rings. The highest BCUT2D eigenvalue weighted by atomic mass is 35.5. The topological polar surface area (TPSA) is 54.5 Å². The second-order valence-corrected chi connectivity index (χ2v) is 3.79. The molecule has 4 nitrogen and oxygen atoms in total. The monoisotopic (exact) mass is 240 g/mol. The fraction of sp³-hybridized carbons (Fsp3) is 0.222. The number of nitriles is 1. The van der Waals surface area contributed by atoms with Crippen LogP contribution in [0, 0.1) is 11.3 Å². The van der Waals surface area contributed by atoms with Crippen LogP contribution < -0.4 is 0 Å². The zero-order valence-corrected chi connectivity index (χ0v) is 9.13. The summed E-state index contributed by atoms with van der Waals surface area (Å²) in [6.07, 6.45) is 0.388. The van der Waals surface area contributed by atoms with Crippen LogP contribution in [0.5, 0.6) is 0 Å². The first kappa shape index (κ1) is 10.2. The van der Waals surface area contributed by atoms with E-state index >= 15 is 0 Å². The minimum Gasteiger partial charge on any atom is -0.244 e. The summed E-state index contributed by atoms with van der Waals surface area (Å²) in [5.74, 6) is 0. The fourth-order valence-electron chi connectivity index (χ4n) is 1.28. The van der Waals surface area contributed by atoms with Crippen LogP contribution in [-0.4, -0.2) is 15.0 Å². The van der Waals surface area contributed by atoms with Gasteiger partial charge in [-0.15, -0.1) is 5.10 Å². The summed E-state index contributed by atoms with van der Waals surface area (Å²) in [6, 6.07) is 5.42. The molecule has 0 saturated carbocycles. The van der Waals surface area contributed by atoms with Crippen molar-refractivity contribution < 1.29 is 0 Å². The van der Waals surface area contributed by atoms with E-state index in [1.165, 1.54) is 0 Å². The van der Waals surface area contributed by atoms with Gasteiger partial charge in [0.05, 0.1) is 34.6 Å². The van der Waals surface area contributed by atoms with Crippen LogP contribution in [0.2, 0.25) is 10.0 Å². The Balaban J connectivity index is 2.50. The quantitative estimate of drug-likeness (QED) is 0.811. The molecule has 0 saturated heterocycles. The molecule has 0 bridgehead atoms. The van der Waals surface area contributed by atoms with Crippen molar-refractivity contribution >= 4 is 34.2 Å². The Labute approximate surface area is 96.0 Å². The third-order valence-corrected chi connectivity index (χ3v) is 2.71. The molecule has 0 atom stereocenters. The number of benzene rings is 1. The van der Waals surface area contributed by atoms with Gasteiger partial charge in [-0.25, -0.2) is 4.68 Å². The van der Waals surface area contributed by atoms with E-state index < -0.39 is 0 Å². The van der Waals surface area contributed by atoms with Gasteiger partial charge >= 0.3 is 0 Å². The van der Waals surface area contributed by atoms with Gasteiger partial charge in [0.2, 0.25) is 0 Å². The smallest absolute Gasteiger partial charge is 0.114 e. The van der Waals surface area contributed by atoms with Gasteiger partial charge in [-0.2, -0.15) is 5.26 Å². The molecule has 1 aromatic carbocycles. The molecule has 0 unspecified atom stereocenters. The Morgan fingerprint density at radius 2 is 2.07 bits per heavy atom. The lowest BCUT2D eigenvalue weighted by Gasteiger charge is -1.99. The molecule has 0 radical (unpaired) electrons. The van der Waals surface area contributed by atoms with E-state index in [2.05, 4.69) is 10.3 Å². The second kappa shape index (κ2) is 4.05. The largest absolute Gasteiger partial charge is 0.244 e. The SMILES string of the molecule is N#CCCn1nnc2cc(Cl)c(Cl)cc21. The zero-order valence-electron chi connectivity index (χ0n) is 7.61. The molecule has 2 rings (SSSR count). The Morgan fingerprint density at radius 3 is 2.80 bits per heavy atom. The number of aryl methyl sites for hydroxylation is 1. The fourth-order valence-corrected chi connectivity index (χ4v) is 1.60. The molecule has 1 aromatic heterocycles. The minimum absolute atomic E-state index is 0.388. The van der Waals surface area contributed by atoms with E-state index in [1.807, 2.05) is 6.07 Å². The van der Waals surface area contributed by atoms with E-state index in [0.29, 0.717) is 28.5 Å². The highest BCUT2D eigenvalue weighted by Gasteiger charge is 2.07. The summed E-state index contributed by atoms with van der Waals surface area (Å²) in [6.45, 7) is 0.505. The second-order valence-electron chi connectivity index (χ2n) is 2.98. The molecule has 0 amide bonds. The van der Waals surface area contributed by atoms with Gasteiger partial charge in [0.25, 0.3) is 0 Å². The van der Waals surface area contributed by atoms with E-state index in [1.54, 1.807) is 16.8 Å². The number of hydrogen-bond donors (Lipinski definition) is 0. The van der Waals surface area contributed by atoms with Gasteiger partial charge < -0.3 is 0 Å². The molecule has 0 N–H and O–H groups in total. The van der Waals surface area contributed by atoms with Crippen LogP contribution in [0.15, 0.2) is 12.1 Å². The average Bonchev–Trinajstić information content (AvgIpc) is 2.59. The summed E-state index contributed by atoms with van der Waals surface area (Å²) in [5.41, 5.74) is 1.47. The van der Waals surface area contributed by atoms with Crippen molar-refractivity contribution in [1.29, 1.82) is 5.26 Å². The normalized spacial score (nSPS) is 10.5. The molecule has 1 heterocycles. The summed E-state index contributed by atoms with van der Waals surface area (Å²) < 4.78 is 1.64. The van der Waals surface area contributed by atoms with Crippen molar-refractivity contribution in [2.75, 3.05) is 0 Å². The average molecular weight is 241 g/mol. The maximum Gasteiger partial charge on any atom is 0.114 e. The molecule has 0 aliphatic rings. The number of aromatic nitrogens is 3. The number of hydrogen-bond acceptors (Lipinski definition) is 3. The molecule has 76 valence electrons. The zero-order chi connectivity index (χ0) is 10.8. The summed E-state index contributed by atoms with van der Waals surface area (Å²) in [4.78, 5) is 0. The van der Waals surface area contributed by atoms with Crippen LogP contribution in [0.1, 0.15) is 6.42 Å². The van der Waals surface area contributed by atoms with Crippen LogP contribution in [0.3, 0.4) is 0 Å². The van der Waals surface area contributed by atoms with Gasteiger partial charge in [0.1, 0.15) is 5.52 Å². The Bertz CT molecular complexity index is 541. The van der Waals surface area contributed by atoms with Gasteiger partial charge in [0.15, 0.2) is 0 Å². The van der Waals surface area contributed by atoms with Crippen molar-refractivity contribution in [2.45, 2.75) is 13.0 Å². The van der Waals surface area contributed by atoms with Crippen molar-refractivity contribution in [3.05, 3.63) is 22.2 Å². The Kier molecular flexibility index (Phi) is 2.76. The van der Waals surface area contributed by atoms with Crippen molar-refractivity contribution in [3.63, 3.8) is 0 Å². The molecule has 0 aliphatic heterocycles. The summed E-state index contributed by atoms with van der Waals surface area (Å²) in [7, 11) is 0. The summed E-state index contributed by atoms with van der Waals surface area (Å²) in [5, 5.41) is 17.2. The van der Waals surface area contributed by atoms with E-state index in [4.69, 9.17) is 28.5 Å². The van der Waals surface area contributed by atoms with Crippen LogP contribution in [0.25, 0.3) is 11.0 Å². The Morgan fingerprint density at radius 1 is 1.33 bits per heavy atom. The molecule has 0 fully saturated rings. The molecule has 15 heavy (non-hydrogen) atoms. The maximum atomic E-state index is 8.48. The molecular formula is C9H6Cl2N4. The van der Waals surface area contributed by atoms with Crippen LogP contribution in [0.4, 0.5) is 0 Å². The van der Waals surface area contributed by atoms with Crippen molar-refractivity contribution in [1.82, 2.24) is 15.0 Å². The lowest BCUT2D eigenvalue weighted by atomic mass is 10.3. The van der Waals surface area contributed by atoms with Crippen LogP contribution in [-0.2, 0) is 6.54 Å². The third-order valence-electron chi connectivity index (χ3n) is 1.99. The van der Waals surface area contributed by atoms with Crippen molar-refractivity contribution in [3.8, 4) is 6.07 Å². The predicted octanol–water partition coefficient (Wildman–Crippen LogP) is 2.65. The standard InChI is InChI=1S/C9H6Cl2N4/c10-6-4-8-9(5-7(6)11)15(14-13-8)3-1-2-12/h4-5H,1,3H2. The Hall–Kier alpha value is -1.31. The van der Waals surface area contributed by atoms with Gasteiger partial charge in [-0.1, -0.05) is 28.4 Å². The summed E-state index contributed by atoms with van der Waals surface area (Å²) >= 11 is 11.7. The molecule has 0 aliphatic carbocycles. The van der Waals surface area contributed by atoms with E-state index in [0.717, 1.165) is 5.52 Å². The van der Waals surface area contributed by atoms with Crippen molar-refractivity contribution in [2.24, 2.45) is 0 Å². The van der Waals surface area contributed by atoms with E-state index in [-0.39, 0.29) is 0 Å². The third kappa shape index (κ3) is 1.89. The van der Waals surface area contributed by atoms with Gasteiger partial charge in [0, 0.05) is 0 Å². The highest BCUT2D eigenvalue weighted by Crippen LogP contribution is 2.26. The van der Waals surface area contributed by atoms with Gasteiger partial charge in [-0.3, -0.25) is 0 Å². The van der Waals surface area contributed by atoms with Crippen LogP contribution >= 0.6 is 23.2 Å². The molecule has 0 spiro atoms. The lowest BCUT2D eigenvalue weighted by molar-refractivity contribution is 0.618. The number of fused-ring (bicyclic) bond motifs is 1. The predicted molar refractivity (Wildman–Crippen MR) is 57.8 cm³/mol. The highest BCUT2D eigenvalue weighted by molar-refractivity contribution is 6.42.